The summed E-state index contributed by atoms with van der Waals surface area (Å²) < 4.78 is 0. The van der Waals surface area contributed by atoms with Gasteiger partial charge in [0.05, 0.1) is 6.10 Å². The van der Waals surface area contributed by atoms with Crippen LogP contribution in [0.15, 0.2) is 11.6 Å². The zero-order chi connectivity index (χ0) is 12.1. The number of rotatable bonds is 3. The van der Waals surface area contributed by atoms with Crippen molar-refractivity contribution in [3.05, 3.63) is 11.6 Å². The number of allylic oxidation sites excluding steroid dienone is 1. The topological polar surface area (TPSA) is 20.2 Å². The molecule has 2 rings (SSSR count). The van der Waals surface area contributed by atoms with Gasteiger partial charge in [-0.3, -0.25) is 0 Å². The van der Waals surface area contributed by atoms with E-state index >= 15 is 0 Å². The minimum absolute atomic E-state index is 0.283. The lowest BCUT2D eigenvalue weighted by atomic mass is 9.70. The molecule has 0 radical (unpaired) electrons. The van der Waals surface area contributed by atoms with E-state index in [4.69, 9.17) is 0 Å². The van der Waals surface area contributed by atoms with Crippen LogP contribution in [0.4, 0.5) is 0 Å². The van der Waals surface area contributed by atoms with Crippen LogP contribution in [-0.2, 0) is 0 Å². The summed E-state index contributed by atoms with van der Waals surface area (Å²) in [5, 5.41) is 9.47. The fourth-order valence-corrected chi connectivity index (χ4v) is 3.58. The first-order valence-electron chi connectivity index (χ1n) is 6.64. The van der Waals surface area contributed by atoms with Gasteiger partial charge >= 0.3 is 0 Å². The first-order chi connectivity index (χ1) is 7.29. The normalized spacial score (nSPS) is 43.0. The Balaban J connectivity index is 2.01. The fourth-order valence-electron chi connectivity index (χ4n) is 3.58. The SMILES string of the molecule is CC(=CCC1CC2CC2(C)C1(C)C)C(C)O. The molecular formula is C15H26O. The summed E-state index contributed by atoms with van der Waals surface area (Å²) in [4.78, 5) is 0. The minimum atomic E-state index is -0.283. The molecule has 92 valence electrons. The maximum absolute atomic E-state index is 9.47. The third-order valence-electron chi connectivity index (χ3n) is 5.86. The summed E-state index contributed by atoms with van der Waals surface area (Å²) in [6.45, 7) is 11.2. The Morgan fingerprint density at radius 3 is 2.50 bits per heavy atom. The molecule has 1 N–H and O–H groups in total. The van der Waals surface area contributed by atoms with Crippen LogP contribution in [0.2, 0.25) is 0 Å². The average Bonchev–Trinajstić information content (AvgIpc) is 2.79. The molecule has 0 spiro atoms. The fraction of sp³-hybridized carbons (Fsp3) is 0.867. The minimum Gasteiger partial charge on any atom is -0.389 e. The highest BCUT2D eigenvalue weighted by Crippen LogP contribution is 2.74. The molecule has 0 aromatic rings. The molecule has 1 nitrogen and oxygen atoms in total. The molecule has 0 aliphatic heterocycles. The maximum atomic E-state index is 9.47. The second kappa shape index (κ2) is 3.60. The van der Waals surface area contributed by atoms with E-state index in [1.807, 2.05) is 13.8 Å². The summed E-state index contributed by atoms with van der Waals surface area (Å²) >= 11 is 0. The lowest BCUT2D eigenvalue weighted by molar-refractivity contribution is 0.149. The molecule has 1 heteroatoms. The zero-order valence-corrected chi connectivity index (χ0v) is 11.4. The van der Waals surface area contributed by atoms with Crippen molar-refractivity contribution in [3.8, 4) is 0 Å². The molecule has 0 aromatic heterocycles. The van der Waals surface area contributed by atoms with Crippen molar-refractivity contribution in [3.63, 3.8) is 0 Å². The van der Waals surface area contributed by atoms with Crippen molar-refractivity contribution >= 4 is 0 Å². The van der Waals surface area contributed by atoms with Gasteiger partial charge in [0.2, 0.25) is 0 Å². The zero-order valence-electron chi connectivity index (χ0n) is 11.4. The van der Waals surface area contributed by atoms with Gasteiger partial charge in [-0.1, -0.05) is 26.8 Å². The van der Waals surface area contributed by atoms with Gasteiger partial charge in [-0.2, -0.15) is 0 Å². The molecule has 2 aliphatic rings. The molecule has 0 aromatic carbocycles. The molecule has 0 heterocycles. The first-order valence-corrected chi connectivity index (χ1v) is 6.64. The molecular weight excluding hydrogens is 196 g/mol. The Labute approximate surface area is 99.9 Å². The van der Waals surface area contributed by atoms with Crippen LogP contribution in [0.1, 0.15) is 53.9 Å². The Hall–Kier alpha value is -0.300. The van der Waals surface area contributed by atoms with Crippen LogP contribution in [-0.4, -0.2) is 11.2 Å². The molecule has 0 saturated heterocycles. The molecule has 16 heavy (non-hydrogen) atoms. The lowest BCUT2D eigenvalue weighted by Crippen LogP contribution is -2.27. The molecule has 0 bridgehead atoms. The van der Waals surface area contributed by atoms with E-state index in [0.717, 1.165) is 23.8 Å². The van der Waals surface area contributed by atoms with Crippen molar-refractivity contribution < 1.29 is 5.11 Å². The van der Waals surface area contributed by atoms with Gasteiger partial charge < -0.3 is 5.11 Å². The third kappa shape index (κ3) is 1.64. The van der Waals surface area contributed by atoms with Gasteiger partial charge in [0.15, 0.2) is 0 Å². The molecule has 2 saturated carbocycles. The Morgan fingerprint density at radius 1 is 1.44 bits per heavy atom. The monoisotopic (exact) mass is 222 g/mol. The predicted octanol–water partition coefficient (Wildman–Crippen LogP) is 3.78. The summed E-state index contributed by atoms with van der Waals surface area (Å²) in [6, 6.07) is 0. The standard InChI is InChI=1S/C15H26O/c1-10(11(2)16)6-7-12-8-13-9-15(13,5)14(12,3)4/h6,11-13,16H,7-9H2,1-5H3. The largest absolute Gasteiger partial charge is 0.389 e. The highest BCUT2D eigenvalue weighted by Gasteiger charge is 2.66. The molecule has 2 fully saturated rings. The van der Waals surface area contributed by atoms with Crippen LogP contribution < -0.4 is 0 Å². The van der Waals surface area contributed by atoms with E-state index in [1.54, 1.807) is 0 Å². The van der Waals surface area contributed by atoms with Crippen molar-refractivity contribution in [2.45, 2.75) is 60.0 Å². The predicted molar refractivity (Wildman–Crippen MR) is 68.2 cm³/mol. The van der Waals surface area contributed by atoms with E-state index in [0.29, 0.717) is 10.8 Å². The van der Waals surface area contributed by atoms with Crippen LogP contribution in [0.5, 0.6) is 0 Å². The van der Waals surface area contributed by atoms with E-state index in [-0.39, 0.29) is 6.10 Å². The molecule has 0 amide bonds. The summed E-state index contributed by atoms with van der Waals surface area (Å²) in [7, 11) is 0. The van der Waals surface area contributed by atoms with Crippen molar-refractivity contribution in [2.75, 3.05) is 0 Å². The number of aliphatic hydroxyl groups excluding tert-OH is 1. The van der Waals surface area contributed by atoms with Gasteiger partial charge in [0.1, 0.15) is 0 Å². The van der Waals surface area contributed by atoms with Crippen molar-refractivity contribution in [1.82, 2.24) is 0 Å². The summed E-state index contributed by atoms with van der Waals surface area (Å²) in [5.74, 6) is 1.79. The van der Waals surface area contributed by atoms with Gasteiger partial charge in [-0.15, -0.1) is 0 Å². The van der Waals surface area contributed by atoms with E-state index in [2.05, 4.69) is 26.8 Å². The first kappa shape index (κ1) is 12.2. The maximum Gasteiger partial charge on any atom is 0.0719 e. The third-order valence-corrected chi connectivity index (χ3v) is 5.86. The van der Waals surface area contributed by atoms with Crippen LogP contribution in [0, 0.1) is 22.7 Å². The Kier molecular flexibility index (Phi) is 2.73. The number of fused-ring (bicyclic) bond motifs is 1. The van der Waals surface area contributed by atoms with E-state index in [9.17, 15) is 5.11 Å². The summed E-state index contributed by atoms with van der Waals surface area (Å²) in [5.41, 5.74) is 2.22. The average molecular weight is 222 g/mol. The summed E-state index contributed by atoms with van der Waals surface area (Å²) in [6.07, 6.45) is 5.96. The number of hydrogen-bond acceptors (Lipinski definition) is 1. The van der Waals surface area contributed by atoms with Gasteiger partial charge in [0, 0.05) is 0 Å². The van der Waals surface area contributed by atoms with Crippen LogP contribution >= 0.6 is 0 Å². The second-order valence-corrected chi connectivity index (χ2v) is 6.83. The van der Waals surface area contributed by atoms with Gasteiger partial charge in [-0.25, -0.2) is 0 Å². The smallest absolute Gasteiger partial charge is 0.0719 e. The molecule has 4 atom stereocenters. The van der Waals surface area contributed by atoms with E-state index in [1.165, 1.54) is 12.8 Å². The van der Waals surface area contributed by atoms with Crippen LogP contribution in [0.3, 0.4) is 0 Å². The molecule has 4 unspecified atom stereocenters. The number of hydrogen-bond donors (Lipinski definition) is 1. The molecule has 2 aliphatic carbocycles. The Morgan fingerprint density at radius 2 is 2.06 bits per heavy atom. The highest BCUT2D eigenvalue weighted by atomic mass is 16.3. The van der Waals surface area contributed by atoms with Crippen molar-refractivity contribution in [2.24, 2.45) is 22.7 Å². The van der Waals surface area contributed by atoms with Gasteiger partial charge in [-0.05, 0) is 61.3 Å². The van der Waals surface area contributed by atoms with Gasteiger partial charge in [0.25, 0.3) is 0 Å². The van der Waals surface area contributed by atoms with Crippen LogP contribution in [0.25, 0.3) is 0 Å². The lowest BCUT2D eigenvalue weighted by Gasteiger charge is -2.35. The number of aliphatic hydroxyl groups is 1. The Bertz CT molecular complexity index is 313. The van der Waals surface area contributed by atoms with E-state index < -0.39 is 0 Å². The second-order valence-electron chi connectivity index (χ2n) is 6.83. The highest BCUT2D eigenvalue weighted by molar-refractivity contribution is 5.17. The van der Waals surface area contributed by atoms with Crippen molar-refractivity contribution in [1.29, 1.82) is 0 Å². The quantitative estimate of drug-likeness (QED) is 0.721.